The first-order valence-electron chi connectivity index (χ1n) is 5.78. The minimum Gasteiger partial charge on any atom is -0.395 e. The Labute approximate surface area is 122 Å². The molecule has 1 unspecified atom stereocenters. The fourth-order valence-corrected chi connectivity index (χ4v) is 2.19. The predicted molar refractivity (Wildman–Crippen MR) is 79.3 cm³/mol. The number of halogens is 2. The Morgan fingerprint density at radius 2 is 1.47 bits per heavy atom. The molecule has 2 aromatic rings. The zero-order valence-corrected chi connectivity index (χ0v) is 11.6. The first-order chi connectivity index (χ1) is 9.11. The topological polar surface area (TPSA) is 49.5 Å². The highest BCUT2D eigenvalue weighted by Gasteiger charge is 2.13. The Kier molecular flexibility index (Phi) is 4.66. The quantitative estimate of drug-likeness (QED) is 0.517. The van der Waals surface area contributed by atoms with Crippen LogP contribution in [-0.2, 0) is 0 Å². The lowest BCUT2D eigenvalue weighted by molar-refractivity contribution is 0.280. The Morgan fingerprint density at radius 3 is 1.89 bits per heavy atom. The Balaban J connectivity index is 2.28. The number of aliphatic hydroxyl groups excluding tert-OH is 1. The van der Waals surface area contributed by atoms with E-state index in [4.69, 9.17) is 29.2 Å². The Bertz CT molecular complexity index is 526. The molecule has 100 valence electrons. The van der Waals surface area contributed by atoms with Gasteiger partial charge in [-0.2, -0.15) is 0 Å². The van der Waals surface area contributed by atoms with E-state index in [1.165, 1.54) is 0 Å². The first-order valence-corrected chi connectivity index (χ1v) is 6.50. The number of anilines is 1. The summed E-state index contributed by atoms with van der Waals surface area (Å²) in [6.07, 6.45) is 0. The summed E-state index contributed by atoms with van der Waals surface area (Å²) in [7, 11) is 0. The summed E-state index contributed by atoms with van der Waals surface area (Å²) in [6.45, 7) is 0.0220. The van der Waals surface area contributed by atoms with Crippen molar-refractivity contribution in [2.75, 3.05) is 11.1 Å². The molecule has 0 spiro atoms. The molecule has 5 heteroatoms. The number of hydrogen-bond donors (Lipinski definition) is 2. The van der Waals surface area contributed by atoms with Gasteiger partial charge in [0.1, 0.15) is 0 Å². The van der Waals surface area contributed by atoms with Crippen molar-refractivity contribution in [2.24, 2.45) is 5.84 Å². The highest BCUT2D eigenvalue weighted by atomic mass is 35.5. The molecule has 0 heterocycles. The summed E-state index contributed by atoms with van der Waals surface area (Å²) in [6, 6.07) is 14.9. The van der Waals surface area contributed by atoms with E-state index in [9.17, 15) is 5.11 Å². The third-order valence-electron chi connectivity index (χ3n) is 3.00. The van der Waals surface area contributed by atoms with Gasteiger partial charge in [-0.25, -0.2) is 10.4 Å². The molecule has 0 bridgehead atoms. The van der Waals surface area contributed by atoms with Crippen LogP contribution in [0.1, 0.15) is 17.0 Å². The van der Waals surface area contributed by atoms with Crippen molar-refractivity contribution in [3.63, 3.8) is 0 Å². The van der Waals surface area contributed by atoms with Crippen LogP contribution in [0.2, 0.25) is 5.02 Å². The van der Waals surface area contributed by atoms with Crippen LogP contribution in [0, 0.1) is 0 Å². The monoisotopic (exact) mass is 296 g/mol. The summed E-state index contributed by atoms with van der Waals surface area (Å²) in [4.78, 5) is 0. The van der Waals surface area contributed by atoms with Gasteiger partial charge in [0.15, 0.2) is 0 Å². The number of rotatable bonds is 4. The molecule has 19 heavy (non-hydrogen) atoms. The van der Waals surface area contributed by atoms with Crippen LogP contribution in [0.4, 0.5) is 5.69 Å². The largest absolute Gasteiger partial charge is 0.395 e. The summed E-state index contributed by atoms with van der Waals surface area (Å²) < 4.78 is 1.03. The van der Waals surface area contributed by atoms with Crippen molar-refractivity contribution in [3.05, 3.63) is 64.7 Å². The summed E-state index contributed by atoms with van der Waals surface area (Å²) in [5.74, 6) is 5.34. The van der Waals surface area contributed by atoms with Crippen molar-refractivity contribution in [2.45, 2.75) is 5.92 Å². The first kappa shape index (κ1) is 14.2. The molecule has 3 N–H and O–H groups in total. The fourth-order valence-electron chi connectivity index (χ4n) is 1.95. The molecule has 2 rings (SSSR count). The molecule has 0 fully saturated rings. The van der Waals surface area contributed by atoms with Crippen LogP contribution in [0.25, 0.3) is 0 Å². The van der Waals surface area contributed by atoms with E-state index in [1.54, 1.807) is 12.1 Å². The van der Waals surface area contributed by atoms with E-state index in [1.807, 2.05) is 36.4 Å². The van der Waals surface area contributed by atoms with Crippen molar-refractivity contribution in [1.29, 1.82) is 0 Å². The number of benzene rings is 2. The normalized spacial score (nSPS) is 12.2. The van der Waals surface area contributed by atoms with Crippen molar-refractivity contribution < 1.29 is 5.11 Å². The van der Waals surface area contributed by atoms with E-state index in [2.05, 4.69) is 0 Å². The molecule has 0 aliphatic heterocycles. The second-order valence-corrected chi connectivity index (χ2v) is 4.99. The van der Waals surface area contributed by atoms with Crippen LogP contribution in [0.5, 0.6) is 0 Å². The predicted octanol–water partition coefficient (Wildman–Crippen LogP) is 3.30. The summed E-state index contributed by atoms with van der Waals surface area (Å²) >= 11 is 11.5. The van der Waals surface area contributed by atoms with Gasteiger partial charge >= 0.3 is 0 Å². The van der Waals surface area contributed by atoms with E-state index in [0.29, 0.717) is 10.7 Å². The SMILES string of the molecule is NN(Cl)c1ccc(C(CO)c2ccc(Cl)cc2)cc1. The molecule has 0 saturated heterocycles. The third-order valence-corrected chi connectivity index (χ3v) is 3.44. The smallest absolute Gasteiger partial charge is 0.0703 e. The Hall–Kier alpha value is -1.26. The van der Waals surface area contributed by atoms with Gasteiger partial charge in [-0.3, -0.25) is 0 Å². The molecule has 0 amide bonds. The van der Waals surface area contributed by atoms with E-state index >= 15 is 0 Å². The molecule has 0 aliphatic carbocycles. The highest BCUT2D eigenvalue weighted by molar-refractivity contribution is 6.30. The maximum absolute atomic E-state index is 9.59. The van der Waals surface area contributed by atoms with Gasteiger partial charge in [0.05, 0.1) is 12.3 Å². The lowest BCUT2D eigenvalue weighted by Crippen LogP contribution is -2.18. The number of hydrazine groups is 1. The summed E-state index contributed by atoms with van der Waals surface area (Å²) in [5.41, 5.74) is 2.69. The maximum Gasteiger partial charge on any atom is 0.0703 e. The van der Waals surface area contributed by atoms with Crippen LogP contribution in [0.15, 0.2) is 48.5 Å². The van der Waals surface area contributed by atoms with Crippen LogP contribution in [-0.4, -0.2) is 11.7 Å². The molecular weight excluding hydrogens is 283 g/mol. The number of nitrogens with two attached hydrogens (primary N) is 1. The number of nitrogens with zero attached hydrogens (tertiary/aromatic N) is 1. The van der Waals surface area contributed by atoms with Crippen molar-refractivity contribution in [3.8, 4) is 0 Å². The molecule has 0 saturated carbocycles. The van der Waals surface area contributed by atoms with E-state index in [-0.39, 0.29) is 12.5 Å². The summed E-state index contributed by atoms with van der Waals surface area (Å²) in [5, 5.41) is 10.3. The second kappa shape index (κ2) is 6.26. The molecule has 1 atom stereocenters. The third kappa shape index (κ3) is 3.39. The lowest BCUT2D eigenvalue weighted by atomic mass is 9.92. The van der Waals surface area contributed by atoms with Gasteiger partial charge in [-0.15, -0.1) is 0 Å². The zero-order chi connectivity index (χ0) is 13.8. The average Bonchev–Trinajstić information content (AvgIpc) is 2.42. The lowest BCUT2D eigenvalue weighted by Gasteiger charge is -2.16. The number of hydrogen-bond acceptors (Lipinski definition) is 3. The van der Waals surface area contributed by atoms with E-state index < -0.39 is 0 Å². The minimum absolute atomic E-state index is 0.0220. The standard InChI is InChI=1S/C14H14Cl2N2O/c15-12-5-1-10(2-6-12)14(9-19)11-3-7-13(8-4-11)18(16)17/h1-8,14,19H,9,17H2. The minimum atomic E-state index is -0.0899. The molecular formula is C14H14Cl2N2O. The molecule has 0 aromatic heterocycles. The van der Waals surface area contributed by atoms with Crippen LogP contribution in [0.3, 0.4) is 0 Å². The van der Waals surface area contributed by atoms with Gasteiger partial charge in [0, 0.05) is 22.7 Å². The van der Waals surface area contributed by atoms with Gasteiger partial charge in [0.25, 0.3) is 0 Å². The van der Waals surface area contributed by atoms with Crippen molar-refractivity contribution >= 4 is 29.1 Å². The maximum atomic E-state index is 9.59. The molecule has 3 nitrogen and oxygen atoms in total. The van der Waals surface area contributed by atoms with Gasteiger partial charge in [0.2, 0.25) is 0 Å². The highest BCUT2D eigenvalue weighted by Crippen LogP contribution is 2.27. The van der Waals surface area contributed by atoms with Crippen LogP contribution >= 0.6 is 23.4 Å². The fraction of sp³-hybridized carbons (Fsp3) is 0.143. The second-order valence-electron chi connectivity index (χ2n) is 4.19. The zero-order valence-electron chi connectivity index (χ0n) is 10.1. The van der Waals surface area contributed by atoms with Crippen LogP contribution < -0.4 is 10.4 Å². The molecule has 2 aromatic carbocycles. The number of aliphatic hydroxyl groups is 1. The van der Waals surface area contributed by atoms with Gasteiger partial charge in [-0.1, -0.05) is 35.9 Å². The van der Waals surface area contributed by atoms with Gasteiger partial charge in [-0.05, 0) is 35.4 Å². The Morgan fingerprint density at radius 1 is 1.00 bits per heavy atom. The average molecular weight is 297 g/mol. The molecule has 0 aliphatic rings. The molecule has 0 radical (unpaired) electrons. The van der Waals surface area contributed by atoms with Gasteiger partial charge < -0.3 is 5.11 Å². The van der Waals surface area contributed by atoms with Crippen molar-refractivity contribution in [1.82, 2.24) is 0 Å². The van der Waals surface area contributed by atoms with E-state index in [0.717, 1.165) is 15.7 Å².